The fourth-order valence-corrected chi connectivity index (χ4v) is 9.30. The van der Waals surface area contributed by atoms with Crippen molar-refractivity contribution in [1.29, 1.82) is 0 Å². The Balaban J connectivity index is 1.76. The van der Waals surface area contributed by atoms with E-state index in [2.05, 4.69) is 27.4 Å². The molecule has 0 saturated carbocycles. The summed E-state index contributed by atoms with van der Waals surface area (Å²) in [6, 6.07) is 7.56. The second-order valence-electron chi connectivity index (χ2n) is 17.1. The van der Waals surface area contributed by atoms with E-state index in [1.54, 1.807) is 32.4 Å². The number of carbonyl (C=O) groups excluding carboxylic acids is 4. The Kier molecular flexibility index (Phi) is 22.3. The molecule has 1 aromatic carbocycles. The minimum atomic E-state index is -0.814. The number of ether oxygens (including phenoxy) is 3. The molecule has 4 amide bonds. The molecule has 344 valence electrons. The maximum Gasteiger partial charge on any atom is 0.245 e. The molecule has 2 heterocycles. The van der Waals surface area contributed by atoms with Crippen LogP contribution in [0.3, 0.4) is 0 Å². The molecule has 1 aliphatic heterocycles. The number of thiazole rings is 1. The van der Waals surface area contributed by atoms with Gasteiger partial charge in [-0.05, 0) is 49.6 Å². The maximum atomic E-state index is 14.5. The van der Waals surface area contributed by atoms with Gasteiger partial charge in [0.15, 0.2) is 0 Å². The van der Waals surface area contributed by atoms with Crippen LogP contribution in [-0.2, 0) is 44.6 Å². The van der Waals surface area contributed by atoms with Crippen molar-refractivity contribution in [3.8, 4) is 0 Å². The lowest BCUT2D eigenvalue weighted by Crippen LogP contribution is -2.60. The summed E-state index contributed by atoms with van der Waals surface area (Å²) >= 11 is 1.50. The van der Waals surface area contributed by atoms with Crippen LogP contribution in [0.2, 0.25) is 0 Å². The van der Waals surface area contributed by atoms with Gasteiger partial charge >= 0.3 is 0 Å². The van der Waals surface area contributed by atoms with E-state index in [0.29, 0.717) is 39.1 Å². The van der Waals surface area contributed by atoms with Crippen molar-refractivity contribution in [2.24, 2.45) is 29.6 Å². The number of nitrogens with two attached hydrogens (primary N) is 1. The first-order chi connectivity index (χ1) is 29.1. The fraction of sp³-hybridized carbons (Fsp3) is 0.711. The summed E-state index contributed by atoms with van der Waals surface area (Å²) in [5.41, 5.74) is 1.09. The van der Waals surface area contributed by atoms with Crippen molar-refractivity contribution in [3.63, 3.8) is 0 Å². The molecule has 0 bridgehead atoms. The van der Waals surface area contributed by atoms with Crippen molar-refractivity contribution in [2.45, 2.75) is 123 Å². The number of nitrogens with one attached hydrogen (secondary N) is 2. The molecule has 3 rings (SSSR count). The van der Waals surface area contributed by atoms with Gasteiger partial charge in [0.2, 0.25) is 23.6 Å². The second kappa shape index (κ2) is 26.2. The van der Waals surface area contributed by atoms with Crippen molar-refractivity contribution in [1.82, 2.24) is 30.3 Å². The number of rotatable bonds is 27. The van der Waals surface area contributed by atoms with Crippen molar-refractivity contribution < 1.29 is 38.2 Å². The Labute approximate surface area is 368 Å². The molecule has 1 aliphatic rings. The smallest absolute Gasteiger partial charge is 0.245 e. The molecule has 15 nitrogen and oxygen atoms in total. The van der Waals surface area contributed by atoms with Gasteiger partial charge < -0.3 is 39.5 Å². The molecule has 2 aromatic rings. The van der Waals surface area contributed by atoms with E-state index in [1.807, 2.05) is 94.1 Å². The number of hydrogen-bond donors (Lipinski definition) is 3. The van der Waals surface area contributed by atoms with E-state index in [-0.39, 0.29) is 66.5 Å². The Hall–Kier alpha value is -3.51. The lowest BCUT2D eigenvalue weighted by molar-refractivity contribution is -0.148. The predicted octanol–water partition coefficient (Wildman–Crippen LogP) is 4.47. The minimum Gasteiger partial charge on any atom is -0.379 e. The first-order valence-electron chi connectivity index (χ1n) is 21.9. The number of aromatic nitrogens is 1. The molecule has 9 atom stereocenters. The highest BCUT2D eigenvalue weighted by Gasteiger charge is 2.43. The maximum absolute atomic E-state index is 14.5. The normalized spacial score (nSPS) is 18.3. The summed E-state index contributed by atoms with van der Waals surface area (Å²) in [4.78, 5) is 71.3. The molecule has 0 spiro atoms. The van der Waals surface area contributed by atoms with Gasteiger partial charge in [0.25, 0.3) is 0 Å². The van der Waals surface area contributed by atoms with Gasteiger partial charge in [0, 0.05) is 45.9 Å². The summed E-state index contributed by atoms with van der Waals surface area (Å²) in [5, 5.41) is 9.05. The van der Waals surface area contributed by atoms with Gasteiger partial charge in [-0.25, -0.2) is 10.9 Å². The van der Waals surface area contributed by atoms with Gasteiger partial charge in [-0.2, -0.15) is 0 Å². The van der Waals surface area contributed by atoms with Crippen LogP contribution >= 0.6 is 11.3 Å². The average molecular weight is 874 g/mol. The van der Waals surface area contributed by atoms with Crippen LogP contribution in [0.15, 0.2) is 41.9 Å². The fourth-order valence-electron chi connectivity index (χ4n) is 8.61. The van der Waals surface area contributed by atoms with Crippen LogP contribution in [0.5, 0.6) is 0 Å². The lowest BCUT2D eigenvalue weighted by Gasteiger charge is -2.41. The van der Waals surface area contributed by atoms with E-state index in [4.69, 9.17) is 20.1 Å². The molecule has 16 heteroatoms. The first kappa shape index (κ1) is 51.8. The van der Waals surface area contributed by atoms with Crippen LogP contribution in [0.1, 0.15) is 90.8 Å². The minimum absolute atomic E-state index is 0.0260. The Morgan fingerprint density at radius 1 is 0.951 bits per heavy atom. The first-order valence-corrected chi connectivity index (χ1v) is 22.7. The third-order valence-electron chi connectivity index (χ3n) is 12.1. The van der Waals surface area contributed by atoms with E-state index >= 15 is 0 Å². The van der Waals surface area contributed by atoms with Crippen molar-refractivity contribution in [3.05, 3.63) is 52.5 Å². The number of nitrogens with zero attached hydrogens (tertiary/aromatic N) is 4. The molecule has 0 radical (unpaired) electrons. The number of methoxy groups -OCH3 is 2. The summed E-state index contributed by atoms with van der Waals surface area (Å²) in [6.07, 6.45) is 3.34. The summed E-state index contributed by atoms with van der Waals surface area (Å²) in [6.45, 7) is 15.8. The van der Waals surface area contributed by atoms with Crippen LogP contribution in [0.25, 0.3) is 0 Å². The summed E-state index contributed by atoms with van der Waals surface area (Å²) < 4.78 is 17.7. The highest BCUT2D eigenvalue weighted by Crippen LogP contribution is 2.30. The molecule has 1 fully saturated rings. The van der Waals surface area contributed by atoms with Crippen LogP contribution in [0.4, 0.5) is 0 Å². The largest absolute Gasteiger partial charge is 0.379 e. The Bertz CT molecular complexity index is 1600. The quantitative estimate of drug-likeness (QED) is 0.0853. The van der Waals surface area contributed by atoms with Gasteiger partial charge in [0.1, 0.15) is 11.0 Å². The van der Waals surface area contributed by atoms with E-state index < -0.39 is 36.3 Å². The van der Waals surface area contributed by atoms with Gasteiger partial charge in [-0.1, -0.05) is 85.2 Å². The molecule has 1 aromatic heterocycles. The molecule has 0 aliphatic carbocycles. The molecule has 1 saturated heterocycles. The highest BCUT2D eigenvalue weighted by atomic mass is 32.1. The van der Waals surface area contributed by atoms with Gasteiger partial charge in [0.05, 0.1) is 68.5 Å². The van der Waals surface area contributed by atoms with E-state index in [9.17, 15) is 19.2 Å². The predicted molar refractivity (Wildman–Crippen MR) is 238 cm³/mol. The zero-order valence-electron chi connectivity index (χ0n) is 38.5. The lowest BCUT2D eigenvalue weighted by atomic mass is 9.89. The van der Waals surface area contributed by atoms with Gasteiger partial charge in [-0.15, -0.1) is 11.3 Å². The third-order valence-corrected chi connectivity index (χ3v) is 13.0. The van der Waals surface area contributed by atoms with E-state index in [0.717, 1.165) is 23.4 Å². The third kappa shape index (κ3) is 14.8. The number of benzene rings is 1. The molecular weight excluding hydrogens is 799 g/mol. The van der Waals surface area contributed by atoms with Crippen molar-refractivity contribution in [2.75, 3.05) is 61.2 Å². The second-order valence-corrected chi connectivity index (χ2v) is 18.0. The summed E-state index contributed by atoms with van der Waals surface area (Å²) in [7, 11) is 6.77. The molecule has 61 heavy (non-hydrogen) atoms. The average Bonchev–Trinajstić information content (AvgIpc) is 3.96. The number of carbonyl (C=O) groups is 4. The van der Waals surface area contributed by atoms with Crippen LogP contribution in [-0.4, -0.2) is 141 Å². The number of amides is 4. The van der Waals surface area contributed by atoms with E-state index in [1.165, 1.54) is 11.3 Å². The summed E-state index contributed by atoms with van der Waals surface area (Å²) in [5.74, 6) is 3.43. The molecular formula is C45H75N7O8S. The zero-order chi connectivity index (χ0) is 45.2. The zero-order valence-corrected chi connectivity index (χ0v) is 39.3. The Morgan fingerprint density at radius 2 is 1.66 bits per heavy atom. The van der Waals surface area contributed by atoms with Crippen LogP contribution in [0, 0.1) is 23.7 Å². The monoisotopic (exact) mass is 874 g/mol. The SMILES string of the molecule is CC[C@H](C)[C@@H]([C@@H](CC(=O)N1CCC[C@H]1[C@H](OC)[C@@H](C)C(=O)N[C@@H](Cc1ccccc1)c1nccs1)OC)N(C)C(=O)[C@@H](NC(=O)[C@H](C(C)C)N(C)CCOCCON)C(C)C. The highest BCUT2D eigenvalue weighted by molar-refractivity contribution is 7.09. The topological polar surface area (TPSA) is 178 Å². The molecule has 4 N–H and O–H groups in total. The van der Waals surface area contributed by atoms with Gasteiger partial charge in [-0.3, -0.25) is 24.1 Å². The van der Waals surface area contributed by atoms with Crippen LogP contribution < -0.4 is 16.5 Å². The Morgan fingerprint density at radius 3 is 2.23 bits per heavy atom. The number of likely N-dealkylation sites (tertiary alicyclic amines) is 1. The molecule has 0 unspecified atom stereocenters. The van der Waals surface area contributed by atoms with Crippen molar-refractivity contribution >= 4 is 35.0 Å². The number of hydrogen-bond acceptors (Lipinski definition) is 12. The standard InChI is InChI=1S/C45H75N7O8S/c1-12-31(6)40(51(9)45(56)38(29(2)3)49-43(55)39(30(4)5)50(8)22-23-59-24-25-60-46)36(57-10)28-37(53)52-21-16-19-35(52)41(58-11)32(7)42(54)48-34(44-47-20-26-61-44)27-33-17-14-13-15-18-33/h13-15,17-18,20,26,29-32,34-36,38-41H,12,16,19,21-25,27-28,46H2,1-11H3,(H,48,54)(H,49,55)/t31-,32+,34-,35-,36+,38-,39-,40-,41+/m0/s1. The number of likely N-dealkylation sites (N-methyl/N-ethyl adjacent to an activating group) is 2.